The van der Waals surface area contributed by atoms with Crippen LogP contribution in [-0.4, -0.2) is 24.6 Å². The minimum atomic E-state index is -1.97. The molecule has 0 bridgehead atoms. The molecule has 0 aromatic carbocycles. The zero-order valence-corrected chi connectivity index (χ0v) is 9.87. The van der Waals surface area contributed by atoms with Gasteiger partial charge in [-0.3, -0.25) is 0 Å². The van der Waals surface area contributed by atoms with E-state index in [4.69, 9.17) is 11.2 Å². The molecule has 0 saturated heterocycles. The number of hydrogen-bond acceptors (Lipinski definition) is 0. The van der Waals surface area contributed by atoms with E-state index in [1.54, 1.807) is 0 Å². The summed E-state index contributed by atoms with van der Waals surface area (Å²) in [6.45, 7) is 11.9. The van der Waals surface area contributed by atoms with Gasteiger partial charge in [-0.05, 0) is 0 Å². The fraction of sp³-hybridized carbons (Fsp3) is 0.600. The number of halogens is 1. The molecule has 0 heterocycles. The van der Waals surface area contributed by atoms with Gasteiger partial charge in [-0.1, -0.05) is 0 Å². The second-order valence-corrected chi connectivity index (χ2v) is 11.9. The Morgan fingerprint density at radius 3 is 1.58 bits per heavy atom. The van der Waals surface area contributed by atoms with Crippen molar-refractivity contribution in [1.29, 1.82) is 0 Å². The molecule has 0 fully saturated rings. The van der Waals surface area contributed by atoms with Crippen LogP contribution in [0.15, 0.2) is 25.3 Å². The third-order valence-electron chi connectivity index (χ3n) is 2.75. The zero-order valence-electron chi connectivity index (χ0n) is 8.22. The van der Waals surface area contributed by atoms with Crippen LogP contribution in [0.1, 0.15) is 13.8 Å². The number of allylic oxidation sites excluding steroid dienone is 2. The summed E-state index contributed by atoms with van der Waals surface area (Å²) in [4.78, 5) is 0. The van der Waals surface area contributed by atoms with Gasteiger partial charge in [0.1, 0.15) is 0 Å². The zero-order chi connectivity index (χ0) is 9.69. The van der Waals surface area contributed by atoms with Crippen LogP contribution in [0.4, 0.5) is 0 Å². The Balaban J connectivity index is 4.72. The van der Waals surface area contributed by atoms with E-state index in [1.807, 2.05) is 12.2 Å². The van der Waals surface area contributed by atoms with Gasteiger partial charge in [0.25, 0.3) is 0 Å². The SMILES string of the molecule is C=CCP(Cl)(CC)(CC)CC=C. The third kappa shape index (κ3) is 2.61. The van der Waals surface area contributed by atoms with Gasteiger partial charge >= 0.3 is 81.0 Å². The minimum absolute atomic E-state index is 0.978. The molecule has 0 aliphatic carbocycles. The van der Waals surface area contributed by atoms with E-state index in [0.29, 0.717) is 0 Å². The molecule has 0 aliphatic rings. The fourth-order valence-electron chi connectivity index (χ4n) is 1.46. The topological polar surface area (TPSA) is 0 Å². The van der Waals surface area contributed by atoms with Crippen LogP contribution in [0.25, 0.3) is 0 Å². The van der Waals surface area contributed by atoms with Gasteiger partial charge in [0.15, 0.2) is 0 Å². The summed E-state index contributed by atoms with van der Waals surface area (Å²) < 4.78 is 0. The van der Waals surface area contributed by atoms with Crippen molar-refractivity contribution in [3.05, 3.63) is 25.3 Å². The van der Waals surface area contributed by atoms with Gasteiger partial charge in [-0.15, -0.1) is 0 Å². The average Bonchev–Trinajstić information content (AvgIpc) is 2.06. The molecule has 2 heteroatoms. The molecule has 0 spiro atoms. The van der Waals surface area contributed by atoms with Crippen molar-refractivity contribution in [2.45, 2.75) is 13.8 Å². The van der Waals surface area contributed by atoms with Crippen molar-refractivity contribution in [3.63, 3.8) is 0 Å². The van der Waals surface area contributed by atoms with Crippen molar-refractivity contribution < 1.29 is 0 Å². The Labute approximate surface area is 81.4 Å². The van der Waals surface area contributed by atoms with Gasteiger partial charge in [-0.25, -0.2) is 0 Å². The van der Waals surface area contributed by atoms with Gasteiger partial charge in [0, 0.05) is 0 Å². The monoisotopic (exact) mass is 206 g/mol. The van der Waals surface area contributed by atoms with E-state index >= 15 is 0 Å². The molecule has 0 N–H and O–H groups in total. The van der Waals surface area contributed by atoms with Crippen molar-refractivity contribution in [2.75, 3.05) is 24.6 Å². The van der Waals surface area contributed by atoms with Crippen LogP contribution in [0.3, 0.4) is 0 Å². The molecular formula is C10H20ClP. The Kier molecular flexibility index (Phi) is 4.51. The fourth-order valence-corrected chi connectivity index (χ4v) is 4.97. The summed E-state index contributed by atoms with van der Waals surface area (Å²) in [7, 11) is 0. The predicted molar refractivity (Wildman–Crippen MR) is 64.0 cm³/mol. The Morgan fingerprint density at radius 2 is 1.42 bits per heavy atom. The predicted octanol–water partition coefficient (Wildman–Crippen LogP) is 4.11. The molecule has 0 rings (SSSR count). The van der Waals surface area contributed by atoms with Crippen molar-refractivity contribution >= 4 is 17.2 Å². The molecule has 0 aromatic rings. The second kappa shape index (κ2) is 4.44. The quantitative estimate of drug-likeness (QED) is 0.453. The molecule has 0 radical (unpaired) electrons. The average molecular weight is 207 g/mol. The molecule has 0 unspecified atom stereocenters. The van der Waals surface area contributed by atoms with Gasteiger partial charge in [0.05, 0.1) is 0 Å². The standard InChI is InChI=1S/C10H20ClP/c1-5-9-12(11,7-3,8-4)10-6-2/h5-6H,1-2,7-10H2,3-4H3. The van der Waals surface area contributed by atoms with Crippen LogP contribution in [-0.2, 0) is 0 Å². The molecular weight excluding hydrogens is 187 g/mol. The van der Waals surface area contributed by atoms with Crippen molar-refractivity contribution in [2.24, 2.45) is 0 Å². The molecule has 0 aliphatic heterocycles. The van der Waals surface area contributed by atoms with Gasteiger partial charge < -0.3 is 0 Å². The van der Waals surface area contributed by atoms with E-state index in [2.05, 4.69) is 27.0 Å². The van der Waals surface area contributed by atoms with Crippen molar-refractivity contribution in [3.8, 4) is 0 Å². The number of rotatable bonds is 6. The molecule has 12 heavy (non-hydrogen) atoms. The summed E-state index contributed by atoms with van der Waals surface area (Å²) >= 11 is 6.75. The van der Waals surface area contributed by atoms with Crippen LogP contribution < -0.4 is 0 Å². The van der Waals surface area contributed by atoms with Crippen molar-refractivity contribution in [1.82, 2.24) is 0 Å². The Morgan fingerprint density at radius 1 is 1.08 bits per heavy atom. The van der Waals surface area contributed by atoms with Crippen LogP contribution in [0.5, 0.6) is 0 Å². The molecule has 72 valence electrons. The number of hydrogen-bond donors (Lipinski definition) is 0. The van der Waals surface area contributed by atoms with E-state index in [0.717, 1.165) is 24.6 Å². The first-order valence-electron chi connectivity index (χ1n) is 4.48. The van der Waals surface area contributed by atoms with Gasteiger partial charge in [-0.2, -0.15) is 0 Å². The summed E-state index contributed by atoms with van der Waals surface area (Å²) in [5.74, 6) is -1.97. The first-order chi connectivity index (χ1) is 5.54. The maximum atomic E-state index is 6.75. The van der Waals surface area contributed by atoms with E-state index < -0.39 is 5.96 Å². The molecule has 0 atom stereocenters. The summed E-state index contributed by atoms with van der Waals surface area (Å²) in [6.07, 6.45) is 8.05. The molecule has 0 amide bonds. The van der Waals surface area contributed by atoms with Gasteiger partial charge in [0.2, 0.25) is 0 Å². The summed E-state index contributed by atoms with van der Waals surface area (Å²) in [6, 6.07) is 0. The first kappa shape index (κ1) is 12.2. The van der Waals surface area contributed by atoms with E-state index in [9.17, 15) is 0 Å². The summed E-state index contributed by atoms with van der Waals surface area (Å²) in [5, 5.41) is 0. The van der Waals surface area contributed by atoms with E-state index in [1.165, 1.54) is 0 Å². The molecule has 0 saturated carbocycles. The van der Waals surface area contributed by atoms with Crippen LogP contribution in [0.2, 0.25) is 0 Å². The molecule has 0 aromatic heterocycles. The maximum absolute atomic E-state index is 6.75. The third-order valence-corrected chi connectivity index (χ3v) is 10.5. The van der Waals surface area contributed by atoms with Crippen LogP contribution >= 0.6 is 17.2 Å². The Hall–Kier alpha value is 0.200. The summed E-state index contributed by atoms with van der Waals surface area (Å²) in [5.41, 5.74) is 0. The Bertz CT molecular complexity index is 157. The normalized spacial score (nSPS) is 14.8. The molecule has 0 nitrogen and oxygen atoms in total. The van der Waals surface area contributed by atoms with Crippen LogP contribution in [0, 0.1) is 0 Å². The second-order valence-electron chi connectivity index (χ2n) is 3.39. The van der Waals surface area contributed by atoms with E-state index in [-0.39, 0.29) is 0 Å². The first-order valence-corrected chi connectivity index (χ1v) is 8.36.